The van der Waals surface area contributed by atoms with Crippen LogP contribution in [0.4, 0.5) is 9.18 Å². The maximum atomic E-state index is 14.0. The maximum absolute atomic E-state index is 14.0. The Labute approximate surface area is 149 Å². The summed E-state index contributed by atoms with van der Waals surface area (Å²) in [6.07, 6.45) is 5.81. The summed E-state index contributed by atoms with van der Waals surface area (Å²) in [4.78, 5) is 22.1. The number of methoxy groups -OCH3 is 1. The first-order chi connectivity index (χ1) is 12.6. The number of carbonyl (C=O) groups is 1. The van der Waals surface area contributed by atoms with E-state index in [0.29, 0.717) is 0 Å². The number of carbonyl (C=O) groups excluding carboxylic acids is 1. The van der Waals surface area contributed by atoms with Crippen LogP contribution in [0.15, 0.2) is 42.7 Å². The molecule has 1 saturated carbocycles. The van der Waals surface area contributed by atoms with Crippen LogP contribution in [0.25, 0.3) is 10.9 Å². The summed E-state index contributed by atoms with van der Waals surface area (Å²) in [6.45, 7) is 0. The first kappa shape index (κ1) is 15.4. The largest absolute Gasteiger partial charge is 0.453 e. The van der Waals surface area contributed by atoms with Gasteiger partial charge in [-0.05, 0) is 48.6 Å². The zero-order valence-corrected chi connectivity index (χ0v) is 14.3. The Morgan fingerprint density at radius 1 is 1.38 bits per heavy atom. The van der Waals surface area contributed by atoms with Crippen LogP contribution in [0.1, 0.15) is 35.7 Å². The number of nitrogens with zero attached hydrogens (tertiary/aromatic N) is 2. The van der Waals surface area contributed by atoms with Crippen molar-refractivity contribution in [3.8, 4) is 0 Å². The maximum Gasteiger partial charge on any atom is 0.410 e. The summed E-state index contributed by atoms with van der Waals surface area (Å²) in [5.41, 5.74) is 3.52. The molecule has 6 heteroatoms. The fraction of sp³-hybridized carbons (Fsp3) is 0.300. The van der Waals surface area contributed by atoms with E-state index in [2.05, 4.69) is 9.97 Å². The van der Waals surface area contributed by atoms with E-state index in [-0.39, 0.29) is 17.4 Å². The van der Waals surface area contributed by atoms with Gasteiger partial charge in [0.1, 0.15) is 11.9 Å². The van der Waals surface area contributed by atoms with Gasteiger partial charge < -0.3 is 9.72 Å². The van der Waals surface area contributed by atoms with Gasteiger partial charge in [0.2, 0.25) is 0 Å². The lowest BCUT2D eigenvalue weighted by Crippen LogP contribution is -2.49. The molecule has 5 nitrogen and oxygen atoms in total. The quantitative estimate of drug-likeness (QED) is 0.722. The van der Waals surface area contributed by atoms with Crippen LogP contribution in [-0.4, -0.2) is 33.6 Å². The van der Waals surface area contributed by atoms with E-state index in [1.165, 1.54) is 24.8 Å². The third-order valence-corrected chi connectivity index (χ3v) is 5.65. The molecule has 5 rings (SSSR count). The van der Waals surface area contributed by atoms with Crippen molar-refractivity contribution in [2.75, 3.05) is 7.11 Å². The second-order valence-electron chi connectivity index (χ2n) is 7.14. The Hall–Kier alpha value is -2.89. The van der Waals surface area contributed by atoms with Gasteiger partial charge in [-0.1, -0.05) is 12.1 Å². The molecule has 1 unspecified atom stereocenters. The van der Waals surface area contributed by atoms with E-state index in [4.69, 9.17) is 4.74 Å². The van der Waals surface area contributed by atoms with Crippen LogP contribution in [-0.2, 0) is 11.2 Å². The lowest BCUT2D eigenvalue weighted by molar-refractivity contribution is 0.0751. The van der Waals surface area contributed by atoms with E-state index in [1.54, 1.807) is 23.4 Å². The van der Waals surface area contributed by atoms with Gasteiger partial charge in [0.15, 0.2) is 0 Å². The number of halogens is 1. The molecule has 2 aliphatic rings. The molecule has 1 amide bonds. The highest BCUT2D eigenvalue weighted by molar-refractivity contribution is 5.86. The summed E-state index contributed by atoms with van der Waals surface area (Å²) in [5, 5.41) is 1.12. The molecule has 3 aromatic rings. The van der Waals surface area contributed by atoms with Crippen LogP contribution >= 0.6 is 0 Å². The molecule has 3 heterocycles. The average molecular weight is 351 g/mol. The molecule has 1 aliphatic heterocycles. The molecule has 132 valence electrons. The van der Waals surface area contributed by atoms with E-state index in [0.717, 1.165) is 41.4 Å². The van der Waals surface area contributed by atoms with Crippen LogP contribution in [0.5, 0.6) is 0 Å². The average Bonchev–Trinajstić information content (AvgIpc) is 3.32. The van der Waals surface area contributed by atoms with E-state index >= 15 is 0 Å². The molecule has 0 bridgehead atoms. The summed E-state index contributed by atoms with van der Waals surface area (Å²) < 4.78 is 19.1. The van der Waals surface area contributed by atoms with Gasteiger partial charge in [0, 0.05) is 17.3 Å². The Morgan fingerprint density at radius 3 is 2.96 bits per heavy atom. The molecule has 1 atom stereocenters. The van der Waals surface area contributed by atoms with Crippen LogP contribution < -0.4 is 0 Å². The van der Waals surface area contributed by atoms with Crippen molar-refractivity contribution in [2.45, 2.75) is 30.8 Å². The Morgan fingerprint density at radius 2 is 2.23 bits per heavy atom. The number of fused-ring (bicyclic) bond motifs is 3. The van der Waals surface area contributed by atoms with Crippen molar-refractivity contribution >= 4 is 17.0 Å². The highest BCUT2D eigenvalue weighted by Gasteiger charge is 2.57. The predicted molar refractivity (Wildman–Crippen MR) is 94.2 cm³/mol. The van der Waals surface area contributed by atoms with Gasteiger partial charge in [-0.2, -0.15) is 0 Å². The van der Waals surface area contributed by atoms with Crippen molar-refractivity contribution in [3.63, 3.8) is 0 Å². The van der Waals surface area contributed by atoms with Crippen LogP contribution in [0.3, 0.4) is 0 Å². The van der Waals surface area contributed by atoms with E-state index in [9.17, 15) is 9.18 Å². The van der Waals surface area contributed by atoms with Gasteiger partial charge in [-0.3, -0.25) is 9.88 Å². The van der Waals surface area contributed by atoms with E-state index < -0.39 is 6.04 Å². The number of pyridine rings is 1. The minimum absolute atomic E-state index is 0.254. The van der Waals surface area contributed by atoms with E-state index in [1.807, 2.05) is 12.1 Å². The van der Waals surface area contributed by atoms with Crippen LogP contribution in [0, 0.1) is 5.82 Å². The zero-order valence-electron chi connectivity index (χ0n) is 14.3. The first-order valence-electron chi connectivity index (χ1n) is 8.70. The number of benzene rings is 1. The van der Waals surface area contributed by atoms with Gasteiger partial charge >= 0.3 is 6.09 Å². The number of aromatic amines is 1. The predicted octanol–water partition coefficient (Wildman–Crippen LogP) is 3.95. The zero-order chi connectivity index (χ0) is 17.9. The molecular weight excluding hydrogens is 333 g/mol. The van der Waals surface area contributed by atoms with Crippen molar-refractivity contribution < 1.29 is 13.9 Å². The van der Waals surface area contributed by atoms with Gasteiger partial charge in [-0.25, -0.2) is 9.18 Å². The molecule has 26 heavy (non-hydrogen) atoms. The fourth-order valence-corrected chi connectivity index (χ4v) is 4.32. The smallest absolute Gasteiger partial charge is 0.410 e. The van der Waals surface area contributed by atoms with Crippen molar-refractivity contribution in [3.05, 3.63) is 65.4 Å². The number of aromatic nitrogens is 2. The highest BCUT2D eigenvalue weighted by atomic mass is 19.1. The summed E-state index contributed by atoms with van der Waals surface area (Å²) in [5.74, 6) is -0.318. The van der Waals surface area contributed by atoms with Crippen molar-refractivity contribution in [1.29, 1.82) is 0 Å². The molecule has 1 aliphatic carbocycles. The number of hydrogen-bond donors (Lipinski definition) is 1. The number of H-pyrrole nitrogens is 1. The normalized spacial score (nSPS) is 20.2. The second-order valence-corrected chi connectivity index (χ2v) is 7.14. The summed E-state index contributed by atoms with van der Waals surface area (Å²) in [6, 6.07) is 8.04. The van der Waals surface area contributed by atoms with Gasteiger partial charge in [0.25, 0.3) is 0 Å². The van der Waals surface area contributed by atoms with Gasteiger partial charge in [-0.15, -0.1) is 0 Å². The number of hydrogen-bond acceptors (Lipinski definition) is 3. The monoisotopic (exact) mass is 351 g/mol. The Kier molecular flexibility index (Phi) is 3.13. The molecule has 1 fully saturated rings. The minimum atomic E-state index is -0.406. The van der Waals surface area contributed by atoms with Crippen LogP contribution in [0.2, 0.25) is 0 Å². The van der Waals surface area contributed by atoms with Crippen molar-refractivity contribution in [2.24, 2.45) is 0 Å². The standard InChI is InChI=1S/C20H18FN3O2/c1-26-19(25)24-18(12-3-2-4-13(21)9-12)17-15(10-20(24)6-7-20)14-5-8-22-11-16(14)23-17/h2-5,8-9,11,18,23H,6-7,10H2,1H3. The lowest BCUT2D eigenvalue weighted by Gasteiger charge is -2.42. The number of amides is 1. The molecule has 1 N–H and O–H groups in total. The third-order valence-electron chi connectivity index (χ3n) is 5.65. The summed E-state index contributed by atoms with van der Waals surface area (Å²) >= 11 is 0. The first-order valence-corrected chi connectivity index (χ1v) is 8.70. The number of nitrogens with one attached hydrogen (secondary N) is 1. The number of rotatable bonds is 1. The SMILES string of the molecule is COC(=O)N1C(c2cccc(F)c2)c2[nH]c3cnccc3c2CC12CC2. The molecule has 1 aromatic carbocycles. The Bertz CT molecular complexity index is 1020. The molecule has 2 aromatic heterocycles. The molecule has 0 radical (unpaired) electrons. The summed E-state index contributed by atoms with van der Waals surface area (Å²) in [7, 11) is 1.39. The topological polar surface area (TPSA) is 58.2 Å². The second kappa shape index (κ2) is 5.30. The molecule has 1 spiro atoms. The minimum Gasteiger partial charge on any atom is -0.453 e. The molecular formula is C20H18FN3O2. The highest BCUT2D eigenvalue weighted by Crippen LogP contribution is 2.55. The van der Waals surface area contributed by atoms with Gasteiger partial charge in [0.05, 0.1) is 24.4 Å². The Balaban J connectivity index is 1.78. The molecule has 0 saturated heterocycles. The lowest BCUT2D eigenvalue weighted by atomic mass is 9.87. The fourth-order valence-electron chi connectivity index (χ4n) is 4.32. The number of ether oxygens (including phenoxy) is 1. The van der Waals surface area contributed by atoms with Crippen molar-refractivity contribution in [1.82, 2.24) is 14.9 Å². The third kappa shape index (κ3) is 2.08.